The summed E-state index contributed by atoms with van der Waals surface area (Å²) >= 11 is 6.54. The van der Waals surface area contributed by atoms with Crippen molar-refractivity contribution in [3.05, 3.63) is 64.9 Å². The summed E-state index contributed by atoms with van der Waals surface area (Å²) in [6.07, 6.45) is 1.96. The molecule has 0 aliphatic carbocycles. The molecule has 1 aliphatic rings. The van der Waals surface area contributed by atoms with E-state index in [0.29, 0.717) is 0 Å². The maximum absolute atomic E-state index is 6.54. The molecule has 1 aliphatic heterocycles. The number of aromatic nitrogens is 2. The van der Waals surface area contributed by atoms with Gasteiger partial charge in [0.15, 0.2) is 0 Å². The summed E-state index contributed by atoms with van der Waals surface area (Å²) < 4.78 is 7.78. The summed E-state index contributed by atoms with van der Waals surface area (Å²) in [4.78, 5) is 4.76. The number of nitrogens with zero attached hydrogens (tertiary/aromatic N) is 2. The standard InChI is InChI=1S/C21H24ClN3O/c1-25-19-9-5-4-8-18(19)24-20(25)14-23-15-21(10-12-26-13-11-21)16-6-2-3-7-17(16)22/h2-9,23H,10-15H2,1H3. The highest BCUT2D eigenvalue weighted by Crippen LogP contribution is 2.38. The zero-order valence-electron chi connectivity index (χ0n) is 15.0. The summed E-state index contributed by atoms with van der Waals surface area (Å²) in [5.74, 6) is 1.05. The number of para-hydroxylation sites is 2. The van der Waals surface area contributed by atoms with E-state index in [2.05, 4.69) is 47.3 Å². The second-order valence-corrected chi connectivity index (χ2v) is 7.46. The van der Waals surface area contributed by atoms with E-state index in [1.165, 1.54) is 5.56 Å². The number of ether oxygens (including phenoxy) is 1. The highest BCUT2D eigenvalue weighted by atomic mass is 35.5. The monoisotopic (exact) mass is 369 g/mol. The molecule has 5 heteroatoms. The maximum Gasteiger partial charge on any atom is 0.123 e. The van der Waals surface area contributed by atoms with Gasteiger partial charge < -0.3 is 14.6 Å². The summed E-state index contributed by atoms with van der Waals surface area (Å²) in [5.41, 5.74) is 3.44. The van der Waals surface area contributed by atoms with Crippen LogP contribution in [0.25, 0.3) is 11.0 Å². The van der Waals surface area contributed by atoms with Crippen LogP contribution in [0.3, 0.4) is 0 Å². The molecule has 1 saturated heterocycles. The Bertz CT molecular complexity index is 899. The van der Waals surface area contributed by atoms with Crippen molar-refractivity contribution in [2.75, 3.05) is 19.8 Å². The van der Waals surface area contributed by atoms with Crippen LogP contribution in [-0.2, 0) is 23.7 Å². The molecular weight excluding hydrogens is 346 g/mol. The van der Waals surface area contributed by atoms with E-state index in [1.807, 2.05) is 18.2 Å². The molecule has 1 fully saturated rings. The Morgan fingerprint density at radius 1 is 1.12 bits per heavy atom. The van der Waals surface area contributed by atoms with E-state index >= 15 is 0 Å². The highest BCUT2D eigenvalue weighted by molar-refractivity contribution is 6.31. The van der Waals surface area contributed by atoms with Gasteiger partial charge >= 0.3 is 0 Å². The predicted molar refractivity (Wildman–Crippen MR) is 106 cm³/mol. The van der Waals surface area contributed by atoms with E-state index in [4.69, 9.17) is 21.3 Å². The summed E-state index contributed by atoms with van der Waals surface area (Å²) in [5, 5.41) is 4.49. The van der Waals surface area contributed by atoms with Crippen molar-refractivity contribution in [1.82, 2.24) is 14.9 Å². The van der Waals surface area contributed by atoms with Crippen molar-refractivity contribution in [3.63, 3.8) is 0 Å². The molecule has 136 valence electrons. The molecule has 1 aromatic heterocycles. The largest absolute Gasteiger partial charge is 0.381 e. The fourth-order valence-corrected chi connectivity index (χ4v) is 4.30. The molecule has 0 amide bonds. The molecule has 0 spiro atoms. The average molecular weight is 370 g/mol. The zero-order chi connectivity index (χ0) is 18.0. The van der Waals surface area contributed by atoms with Crippen LogP contribution >= 0.6 is 11.6 Å². The predicted octanol–water partition coefficient (Wildman–Crippen LogP) is 4.06. The molecule has 0 bridgehead atoms. The number of benzene rings is 2. The van der Waals surface area contributed by atoms with Crippen LogP contribution in [0.5, 0.6) is 0 Å². The lowest BCUT2D eigenvalue weighted by Gasteiger charge is -2.38. The molecule has 0 radical (unpaired) electrons. The molecule has 2 heterocycles. The molecule has 0 atom stereocenters. The van der Waals surface area contributed by atoms with Crippen molar-refractivity contribution in [2.45, 2.75) is 24.8 Å². The molecule has 0 saturated carbocycles. The van der Waals surface area contributed by atoms with Gasteiger partial charge in [-0.15, -0.1) is 0 Å². The van der Waals surface area contributed by atoms with Crippen molar-refractivity contribution in [3.8, 4) is 0 Å². The number of aryl methyl sites for hydroxylation is 1. The van der Waals surface area contributed by atoms with Gasteiger partial charge in [0.05, 0.1) is 17.6 Å². The van der Waals surface area contributed by atoms with Gasteiger partial charge in [0, 0.05) is 37.2 Å². The van der Waals surface area contributed by atoms with Crippen LogP contribution in [-0.4, -0.2) is 29.3 Å². The van der Waals surface area contributed by atoms with Crippen molar-refractivity contribution in [2.24, 2.45) is 7.05 Å². The quantitative estimate of drug-likeness (QED) is 0.737. The first-order chi connectivity index (χ1) is 12.7. The summed E-state index contributed by atoms with van der Waals surface area (Å²) in [6.45, 7) is 3.15. The van der Waals surface area contributed by atoms with Gasteiger partial charge in [-0.25, -0.2) is 4.98 Å². The molecule has 0 unspecified atom stereocenters. The van der Waals surface area contributed by atoms with Crippen LogP contribution in [0.15, 0.2) is 48.5 Å². The van der Waals surface area contributed by atoms with E-state index < -0.39 is 0 Å². The van der Waals surface area contributed by atoms with Crippen molar-refractivity contribution >= 4 is 22.6 Å². The third-order valence-corrected chi connectivity index (χ3v) is 5.85. The minimum absolute atomic E-state index is 0.0151. The minimum Gasteiger partial charge on any atom is -0.381 e. The topological polar surface area (TPSA) is 39.1 Å². The van der Waals surface area contributed by atoms with Crippen LogP contribution in [0.4, 0.5) is 0 Å². The van der Waals surface area contributed by atoms with Crippen molar-refractivity contribution in [1.29, 1.82) is 0 Å². The first kappa shape index (κ1) is 17.5. The highest BCUT2D eigenvalue weighted by Gasteiger charge is 2.35. The molecule has 2 aromatic carbocycles. The molecule has 3 aromatic rings. The Labute approximate surface area is 159 Å². The molecule has 4 nitrogen and oxygen atoms in total. The van der Waals surface area contributed by atoms with Gasteiger partial charge in [-0.2, -0.15) is 0 Å². The first-order valence-corrected chi connectivity index (χ1v) is 9.51. The van der Waals surface area contributed by atoms with E-state index in [9.17, 15) is 0 Å². The number of nitrogens with one attached hydrogen (secondary N) is 1. The third kappa shape index (κ3) is 3.25. The van der Waals surface area contributed by atoms with Crippen LogP contribution in [0, 0.1) is 0 Å². The number of hydrogen-bond acceptors (Lipinski definition) is 3. The molecule has 26 heavy (non-hydrogen) atoms. The minimum atomic E-state index is 0.0151. The van der Waals surface area contributed by atoms with Gasteiger partial charge in [-0.05, 0) is 36.6 Å². The average Bonchev–Trinajstić information content (AvgIpc) is 2.99. The van der Waals surface area contributed by atoms with Crippen molar-refractivity contribution < 1.29 is 4.74 Å². The molecule has 1 N–H and O–H groups in total. The molecule has 4 rings (SSSR count). The van der Waals surface area contributed by atoms with Crippen LogP contribution < -0.4 is 5.32 Å². The van der Waals surface area contributed by atoms with Gasteiger partial charge in [-0.3, -0.25) is 0 Å². The van der Waals surface area contributed by atoms with E-state index in [0.717, 1.165) is 61.0 Å². The number of fused-ring (bicyclic) bond motifs is 1. The number of halogens is 1. The zero-order valence-corrected chi connectivity index (χ0v) is 15.8. The Balaban J connectivity index is 1.53. The summed E-state index contributed by atoms with van der Waals surface area (Å²) in [6, 6.07) is 16.5. The molecular formula is C21H24ClN3O. The van der Waals surface area contributed by atoms with Gasteiger partial charge in [0.2, 0.25) is 0 Å². The van der Waals surface area contributed by atoms with E-state index in [1.54, 1.807) is 0 Å². The Kier molecular flexibility index (Phi) is 4.98. The maximum atomic E-state index is 6.54. The fourth-order valence-electron chi connectivity index (χ4n) is 3.96. The Hall–Kier alpha value is -1.88. The number of imidazole rings is 1. The second-order valence-electron chi connectivity index (χ2n) is 7.05. The Morgan fingerprint density at radius 2 is 1.85 bits per heavy atom. The smallest absolute Gasteiger partial charge is 0.123 e. The van der Waals surface area contributed by atoms with Gasteiger partial charge in [-0.1, -0.05) is 41.9 Å². The Morgan fingerprint density at radius 3 is 2.62 bits per heavy atom. The summed E-state index contributed by atoms with van der Waals surface area (Å²) in [7, 11) is 2.07. The normalized spacial score (nSPS) is 16.8. The first-order valence-electron chi connectivity index (χ1n) is 9.13. The van der Waals surface area contributed by atoms with Gasteiger partial charge in [0.25, 0.3) is 0 Å². The van der Waals surface area contributed by atoms with Crippen LogP contribution in [0.2, 0.25) is 5.02 Å². The van der Waals surface area contributed by atoms with E-state index in [-0.39, 0.29) is 5.41 Å². The lowest BCUT2D eigenvalue weighted by molar-refractivity contribution is 0.0497. The van der Waals surface area contributed by atoms with Crippen LogP contribution in [0.1, 0.15) is 24.2 Å². The second kappa shape index (κ2) is 7.39. The SMILES string of the molecule is Cn1c(CNCC2(c3ccccc3Cl)CCOCC2)nc2ccccc21. The van der Waals surface area contributed by atoms with Gasteiger partial charge in [0.1, 0.15) is 5.82 Å². The third-order valence-electron chi connectivity index (χ3n) is 5.52. The number of hydrogen-bond donors (Lipinski definition) is 1. The lowest BCUT2D eigenvalue weighted by Crippen LogP contribution is -2.43. The fraction of sp³-hybridized carbons (Fsp3) is 0.381. The lowest BCUT2D eigenvalue weighted by atomic mass is 9.74. The number of rotatable bonds is 5.